The number of benzene rings is 1. The van der Waals surface area contributed by atoms with E-state index < -0.39 is 0 Å². The van der Waals surface area contributed by atoms with E-state index in [-0.39, 0.29) is 18.0 Å². The molecule has 0 unspecified atom stereocenters. The Balaban J connectivity index is 1.77. The zero-order valence-corrected chi connectivity index (χ0v) is 11.0. The minimum atomic E-state index is 0.00743. The van der Waals surface area contributed by atoms with Crippen molar-refractivity contribution in [2.75, 3.05) is 13.2 Å². The molecule has 0 radical (unpaired) electrons. The number of rotatable bonds is 5. The van der Waals surface area contributed by atoms with Gasteiger partial charge >= 0.3 is 0 Å². The van der Waals surface area contributed by atoms with Crippen molar-refractivity contribution in [1.29, 1.82) is 0 Å². The Kier molecular flexibility index (Phi) is 5.02. The average Bonchev–Trinajstić information content (AvgIpc) is 2.41. The summed E-state index contributed by atoms with van der Waals surface area (Å²) in [6, 6.07) is 7.15. The Morgan fingerprint density at radius 3 is 2.50 bits per heavy atom. The number of hydrogen-bond acceptors (Lipinski definition) is 3. The van der Waals surface area contributed by atoms with E-state index in [4.69, 9.17) is 9.47 Å². The fraction of sp³-hybridized carbons (Fsp3) is 0.600. The van der Waals surface area contributed by atoms with Crippen molar-refractivity contribution in [3.05, 3.63) is 29.8 Å². The first-order valence-corrected chi connectivity index (χ1v) is 6.81. The predicted octanol–water partition coefficient (Wildman–Crippen LogP) is 3.43. The van der Waals surface area contributed by atoms with Crippen molar-refractivity contribution in [2.45, 2.75) is 44.8 Å². The van der Waals surface area contributed by atoms with Crippen LogP contribution in [-0.4, -0.2) is 24.4 Å². The molecule has 100 valence electrons. The molecule has 0 amide bonds. The first kappa shape index (κ1) is 13.4. The lowest BCUT2D eigenvalue weighted by Gasteiger charge is -2.29. The largest absolute Gasteiger partial charge is 0.508 e. The zero-order chi connectivity index (χ0) is 12.8. The van der Waals surface area contributed by atoms with Gasteiger partial charge in [-0.1, -0.05) is 38.3 Å². The smallest absolute Gasteiger partial charge is 0.115 e. The van der Waals surface area contributed by atoms with Gasteiger partial charge in [-0.2, -0.15) is 0 Å². The summed E-state index contributed by atoms with van der Waals surface area (Å²) in [5.41, 5.74) is 1.07. The number of phenolic OH excluding ortho intramolecular Hbond substituents is 1. The van der Waals surface area contributed by atoms with Gasteiger partial charge in [0.2, 0.25) is 0 Å². The van der Waals surface area contributed by atoms with Crippen LogP contribution in [0.3, 0.4) is 0 Å². The molecule has 1 saturated heterocycles. The molecule has 1 aliphatic rings. The second kappa shape index (κ2) is 6.76. The molecular weight excluding hydrogens is 228 g/mol. The first-order chi connectivity index (χ1) is 8.79. The topological polar surface area (TPSA) is 38.7 Å². The Bertz CT molecular complexity index is 339. The molecule has 1 fully saturated rings. The van der Waals surface area contributed by atoms with Crippen LogP contribution in [0.5, 0.6) is 5.75 Å². The van der Waals surface area contributed by atoms with Gasteiger partial charge in [-0.25, -0.2) is 0 Å². The summed E-state index contributed by atoms with van der Waals surface area (Å²) in [5, 5.41) is 9.25. The van der Waals surface area contributed by atoms with Crippen LogP contribution in [0.2, 0.25) is 0 Å². The molecule has 2 atom stereocenters. The second-order valence-electron chi connectivity index (χ2n) is 4.86. The summed E-state index contributed by atoms with van der Waals surface area (Å²) < 4.78 is 11.7. The molecular formula is C15H22O3. The third kappa shape index (κ3) is 3.72. The average molecular weight is 250 g/mol. The molecule has 1 heterocycles. The van der Waals surface area contributed by atoms with Gasteiger partial charge in [0.05, 0.1) is 19.3 Å². The second-order valence-corrected chi connectivity index (χ2v) is 4.86. The van der Waals surface area contributed by atoms with Crippen molar-refractivity contribution >= 4 is 0 Å². The van der Waals surface area contributed by atoms with E-state index in [9.17, 15) is 5.11 Å². The van der Waals surface area contributed by atoms with Gasteiger partial charge in [0.15, 0.2) is 0 Å². The van der Waals surface area contributed by atoms with Gasteiger partial charge in [-0.05, 0) is 24.1 Å². The highest BCUT2D eigenvalue weighted by Crippen LogP contribution is 2.25. The van der Waals surface area contributed by atoms with E-state index in [1.54, 1.807) is 12.1 Å². The lowest BCUT2D eigenvalue weighted by atomic mass is 10.1. The van der Waals surface area contributed by atoms with Gasteiger partial charge in [0.1, 0.15) is 11.9 Å². The molecule has 0 spiro atoms. The van der Waals surface area contributed by atoms with Crippen LogP contribution in [0.1, 0.15) is 44.3 Å². The Morgan fingerprint density at radius 2 is 1.89 bits per heavy atom. The van der Waals surface area contributed by atoms with Crippen LogP contribution in [0.4, 0.5) is 0 Å². The molecule has 0 bridgehead atoms. The lowest BCUT2D eigenvalue weighted by Crippen LogP contribution is -2.31. The minimum Gasteiger partial charge on any atom is -0.508 e. The van der Waals surface area contributed by atoms with Gasteiger partial charge in [0.25, 0.3) is 0 Å². The van der Waals surface area contributed by atoms with Crippen LogP contribution in [0, 0.1) is 0 Å². The summed E-state index contributed by atoms with van der Waals surface area (Å²) in [6.07, 6.45) is 5.08. The fourth-order valence-electron chi connectivity index (χ4n) is 2.21. The number of phenols is 1. The Hall–Kier alpha value is -1.06. The van der Waals surface area contributed by atoms with E-state index in [0.717, 1.165) is 12.0 Å². The summed E-state index contributed by atoms with van der Waals surface area (Å²) >= 11 is 0. The predicted molar refractivity (Wildman–Crippen MR) is 70.7 cm³/mol. The van der Waals surface area contributed by atoms with Crippen molar-refractivity contribution in [2.24, 2.45) is 0 Å². The van der Waals surface area contributed by atoms with Gasteiger partial charge < -0.3 is 14.6 Å². The summed E-state index contributed by atoms with van der Waals surface area (Å²) in [4.78, 5) is 0. The Morgan fingerprint density at radius 1 is 1.11 bits per heavy atom. The molecule has 0 aliphatic carbocycles. The maximum Gasteiger partial charge on any atom is 0.115 e. The van der Waals surface area contributed by atoms with Gasteiger partial charge in [-0.15, -0.1) is 0 Å². The highest BCUT2D eigenvalue weighted by Gasteiger charge is 2.22. The zero-order valence-electron chi connectivity index (χ0n) is 11.0. The molecule has 0 saturated carbocycles. The molecule has 3 nitrogen and oxygen atoms in total. The molecule has 1 aromatic rings. The molecule has 1 aliphatic heterocycles. The minimum absolute atomic E-state index is 0.00743. The van der Waals surface area contributed by atoms with Crippen molar-refractivity contribution < 1.29 is 14.6 Å². The number of unbranched alkanes of at least 4 members (excludes halogenated alkanes) is 2. The van der Waals surface area contributed by atoms with Crippen LogP contribution < -0.4 is 0 Å². The molecule has 0 aromatic heterocycles. The SMILES string of the molecule is CCCCC[C@@H]1CO[C@@H](c2ccc(O)cc2)CO1. The van der Waals surface area contributed by atoms with E-state index in [0.29, 0.717) is 13.2 Å². The monoisotopic (exact) mass is 250 g/mol. The fourth-order valence-corrected chi connectivity index (χ4v) is 2.21. The standard InChI is InChI=1S/C15H22O3/c1-2-3-4-5-14-10-18-15(11-17-14)12-6-8-13(16)9-7-12/h6-9,14-16H,2-5,10-11H2,1H3/t14-,15-/m1/s1. The van der Waals surface area contributed by atoms with E-state index in [1.165, 1.54) is 19.3 Å². The molecule has 2 rings (SSSR count). The molecule has 3 heteroatoms. The van der Waals surface area contributed by atoms with E-state index in [2.05, 4.69) is 6.92 Å². The summed E-state index contributed by atoms with van der Waals surface area (Å²) in [5.74, 6) is 0.285. The molecule has 1 aromatic carbocycles. The van der Waals surface area contributed by atoms with Crippen molar-refractivity contribution in [3.8, 4) is 5.75 Å². The number of hydrogen-bond donors (Lipinski definition) is 1. The number of ether oxygens (including phenoxy) is 2. The highest BCUT2D eigenvalue weighted by molar-refractivity contribution is 5.27. The maximum atomic E-state index is 9.25. The normalized spacial score (nSPS) is 24.1. The third-order valence-electron chi connectivity index (χ3n) is 3.36. The number of aromatic hydroxyl groups is 1. The third-order valence-corrected chi connectivity index (χ3v) is 3.36. The van der Waals surface area contributed by atoms with Crippen LogP contribution in [0.15, 0.2) is 24.3 Å². The van der Waals surface area contributed by atoms with Crippen molar-refractivity contribution in [3.63, 3.8) is 0 Å². The Labute approximate surface area is 109 Å². The molecule has 1 N–H and O–H groups in total. The molecule has 18 heavy (non-hydrogen) atoms. The van der Waals surface area contributed by atoms with Gasteiger partial charge in [0, 0.05) is 0 Å². The lowest BCUT2D eigenvalue weighted by molar-refractivity contribution is -0.137. The van der Waals surface area contributed by atoms with E-state index in [1.807, 2.05) is 12.1 Å². The maximum absolute atomic E-state index is 9.25. The summed E-state index contributed by atoms with van der Waals surface area (Å²) in [6.45, 7) is 3.50. The first-order valence-electron chi connectivity index (χ1n) is 6.81. The quantitative estimate of drug-likeness (QED) is 0.814. The highest BCUT2D eigenvalue weighted by atomic mass is 16.6. The van der Waals surface area contributed by atoms with Crippen LogP contribution in [0.25, 0.3) is 0 Å². The van der Waals surface area contributed by atoms with Crippen LogP contribution in [-0.2, 0) is 9.47 Å². The summed E-state index contributed by atoms with van der Waals surface area (Å²) in [7, 11) is 0. The van der Waals surface area contributed by atoms with E-state index >= 15 is 0 Å². The van der Waals surface area contributed by atoms with Crippen molar-refractivity contribution in [1.82, 2.24) is 0 Å². The van der Waals surface area contributed by atoms with Crippen LogP contribution >= 0.6 is 0 Å². The van der Waals surface area contributed by atoms with Gasteiger partial charge in [-0.3, -0.25) is 0 Å².